The molecule has 0 saturated carbocycles. The van der Waals surface area contributed by atoms with Crippen LogP contribution in [-0.4, -0.2) is 5.97 Å². The van der Waals surface area contributed by atoms with Crippen LogP contribution in [0.3, 0.4) is 0 Å². The number of carbonyl (C=O) groups is 1. The van der Waals surface area contributed by atoms with E-state index >= 15 is 0 Å². The van der Waals surface area contributed by atoms with E-state index in [1.165, 1.54) is 12.3 Å². The number of carbonyl (C=O) groups excluding carboxylic acids is 1. The SMILES string of the molecule is Nc1ccoc1CC(=O)[O-].[NH4+]. The Kier molecular flexibility index (Phi) is 3.13. The van der Waals surface area contributed by atoms with Gasteiger partial charge in [0.25, 0.3) is 0 Å². The summed E-state index contributed by atoms with van der Waals surface area (Å²) in [4.78, 5) is 9.99. The van der Waals surface area contributed by atoms with Gasteiger partial charge in [-0.15, -0.1) is 0 Å². The van der Waals surface area contributed by atoms with Crippen molar-refractivity contribution in [2.24, 2.45) is 0 Å². The fourth-order valence-electron chi connectivity index (χ4n) is 0.625. The molecule has 5 nitrogen and oxygen atoms in total. The summed E-state index contributed by atoms with van der Waals surface area (Å²) < 4.78 is 4.73. The molecule has 6 N–H and O–H groups in total. The fraction of sp³-hybridized carbons (Fsp3) is 0.167. The van der Waals surface area contributed by atoms with Crippen molar-refractivity contribution in [2.75, 3.05) is 5.73 Å². The van der Waals surface area contributed by atoms with Crippen LogP contribution in [0.2, 0.25) is 0 Å². The van der Waals surface area contributed by atoms with Gasteiger partial charge in [0, 0.05) is 12.4 Å². The summed E-state index contributed by atoms with van der Waals surface area (Å²) in [6.45, 7) is 0. The van der Waals surface area contributed by atoms with Crippen LogP contribution in [-0.2, 0) is 11.2 Å². The van der Waals surface area contributed by atoms with E-state index in [1.54, 1.807) is 0 Å². The largest absolute Gasteiger partial charge is 0.550 e. The number of carboxylic acids is 1. The smallest absolute Gasteiger partial charge is 0.132 e. The van der Waals surface area contributed by atoms with E-state index < -0.39 is 5.97 Å². The number of nitrogen functional groups attached to an aromatic ring is 1. The van der Waals surface area contributed by atoms with E-state index in [2.05, 4.69) is 0 Å². The van der Waals surface area contributed by atoms with Gasteiger partial charge in [0.15, 0.2) is 0 Å². The van der Waals surface area contributed by atoms with E-state index in [0.29, 0.717) is 5.69 Å². The third-order valence-corrected chi connectivity index (χ3v) is 1.08. The van der Waals surface area contributed by atoms with Crippen LogP contribution < -0.4 is 17.0 Å². The van der Waals surface area contributed by atoms with Gasteiger partial charge in [-0.1, -0.05) is 0 Å². The molecule has 0 saturated heterocycles. The zero-order valence-electron chi connectivity index (χ0n) is 6.16. The molecule has 0 fully saturated rings. The lowest BCUT2D eigenvalue weighted by molar-refractivity contribution is -0.305. The Labute approximate surface area is 63.4 Å². The Bertz CT molecular complexity index is 244. The molecule has 0 aliphatic heterocycles. The lowest BCUT2D eigenvalue weighted by Gasteiger charge is -1.97. The number of hydrogen-bond acceptors (Lipinski definition) is 4. The highest BCUT2D eigenvalue weighted by molar-refractivity contribution is 5.69. The number of quaternary nitrogens is 1. The summed E-state index contributed by atoms with van der Waals surface area (Å²) in [6.07, 6.45) is 1.08. The molecule has 0 aromatic carbocycles. The van der Waals surface area contributed by atoms with E-state index in [4.69, 9.17) is 10.2 Å². The molecule has 11 heavy (non-hydrogen) atoms. The van der Waals surface area contributed by atoms with Crippen LogP contribution in [0.4, 0.5) is 5.69 Å². The number of anilines is 1. The van der Waals surface area contributed by atoms with Gasteiger partial charge in [-0.25, -0.2) is 0 Å². The van der Waals surface area contributed by atoms with Crippen molar-refractivity contribution >= 4 is 11.7 Å². The van der Waals surface area contributed by atoms with Crippen molar-refractivity contribution in [1.82, 2.24) is 6.15 Å². The second-order valence-corrected chi connectivity index (χ2v) is 1.85. The topological polar surface area (TPSA) is 116 Å². The van der Waals surface area contributed by atoms with Gasteiger partial charge >= 0.3 is 0 Å². The Morgan fingerprint density at radius 3 is 2.73 bits per heavy atom. The van der Waals surface area contributed by atoms with Crippen LogP contribution >= 0.6 is 0 Å². The van der Waals surface area contributed by atoms with Gasteiger partial charge < -0.3 is 26.2 Å². The van der Waals surface area contributed by atoms with Gasteiger partial charge in [0.2, 0.25) is 0 Å². The number of rotatable bonds is 2. The average Bonchev–Trinajstić information content (AvgIpc) is 2.15. The van der Waals surface area contributed by atoms with Crippen molar-refractivity contribution in [3.8, 4) is 0 Å². The van der Waals surface area contributed by atoms with Crippen molar-refractivity contribution in [1.29, 1.82) is 0 Å². The molecule has 5 heteroatoms. The average molecular weight is 158 g/mol. The summed E-state index contributed by atoms with van der Waals surface area (Å²) in [5.41, 5.74) is 5.66. The normalized spacial score (nSPS) is 8.73. The van der Waals surface area contributed by atoms with E-state index in [1.807, 2.05) is 0 Å². The van der Waals surface area contributed by atoms with Gasteiger partial charge in [-0.2, -0.15) is 0 Å². The first-order valence-corrected chi connectivity index (χ1v) is 2.72. The minimum Gasteiger partial charge on any atom is -0.550 e. The molecule has 62 valence electrons. The van der Waals surface area contributed by atoms with Crippen molar-refractivity contribution in [2.45, 2.75) is 6.42 Å². The molecule has 1 aromatic heterocycles. The lowest BCUT2D eigenvalue weighted by Crippen LogP contribution is -2.24. The standard InChI is InChI=1S/C6H7NO3.H3N/c7-4-1-2-10-5(4)3-6(8)9;/h1-2H,3,7H2,(H,8,9);1H3. The Morgan fingerprint density at radius 1 is 1.73 bits per heavy atom. The molecule has 0 bridgehead atoms. The zero-order chi connectivity index (χ0) is 7.56. The van der Waals surface area contributed by atoms with Gasteiger partial charge in [-0.3, -0.25) is 0 Å². The van der Waals surface area contributed by atoms with Crippen LogP contribution in [0, 0.1) is 0 Å². The molecular formula is C6H10N2O3. The predicted octanol–water partition coefficient (Wildman–Crippen LogP) is -0.470. The number of hydrogen-bond donors (Lipinski definition) is 2. The van der Waals surface area contributed by atoms with Crippen molar-refractivity contribution < 1.29 is 14.3 Å². The minimum atomic E-state index is -1.19. The molecule has 1 aromatic rings. The summed E-state index contributed by atoms with van der Waals surface area (Å²) >= 11 is 0. The first kappa shape index (κ1) is 9.51. The highest BCUT2D eigenvalue weighted by atomic mass is 16.4. The Balaban J connectivity index is 0.000001000. The Hall–Kier alpha value is -1.49. The summed E-state index contributed by atoms with van der Waals surface area (Å²) in [6, 6.07) is 1.50. The van der Waals surface area contributed by atoms with E-state index in [9.17, 15) is 9.90 Å². The number of aliphatic carboxylic acids is 1. The fourth-order valence-corrected chi connectivity index (χ4v) is 0.625. The second kappa shape index (κ2) is 3.62. The second-order valence-electron chi connectivity index (χ2n) is 1.85. The predicted molar refractivity (Wildman–Crippen MR) is 37.8 cm³/mol. The first-order valence-electron chi connectivity index (χ1n) is 2.72. The highest BCUT2D eigenvalue weighted by Crippen LogP contribution is 2.11. The molecule has 1 rings (SSSR count). The summed E-state index contributed by atoms with van der Waals surface area (Å²) in [5, 5.41) is 9.99. The molecule has 0 unspecified atom stereocenters. The van der Waals surface area contributed by atoms with Crippen LogP contribution in [0.15, 0.2) is 16.7 Å². The highest BCUT2D eigenvalue weighted by Gasteiger charge is 2.00. The molecule has 1 heterocycles. The minimum absolute atomic E-state index is 0. The monoisotopic (exact) mass is 158 g/mol. The maximum atomic E-state index is 9.99. The first-order chi connectivity index (χ1) is 4.70. The van der Waals surface area contributed by atoms with Gasteiger partial charge in [0.1, 0.15) is 5.76 Å². The Morgan fingerprint density at radius 2 is 2.36 bits per heavy atom. The number of carboxylic acid groups (broad SMARTS) is 1. The van der Waals surface area contributed by atoms with Crippen LogP contribution in [0.25, 0.3) is 0 Å². The molecule has 0 spiro atoms. The molecule has 0 radical (unpaired) electrons. The third-order valence-electron chi connectivity index (χ3n) is 1.08. The molecule has 0 aliphatic carbocycles. The molecule has 0 amide bonds. The van der Waals surface area contributed by atoms with Crippen molar-refractivity contribution in [3.63, 3.8) is 0 Å². The quantitative estimate of drug-likeness (QED) is 0.605. The molecule has 0 aliphatic rings. The lowest BCUT2D eigenvalue weighted by atomic mass is 10.3. The number of furan rings is 1. The van der Waals surface area contributed by atoms with Gasteiger partial charge in [-0.05, 0) is 6.07 Å². The van der Waals surface area contributed by atoms with Gasteiger partial charge in [0.05, 0.1) is 12.0 Å². The van der Waals surface area contributed by atoms with E-state index in [0.717, 1.165) is 0 Å². The number of nitrogens with two attached hydrogens (primary N) is 1. The molecule has 0 atom stereocenters. The summed E-state index contributed by atoms with van der Waals surface area (Å²) in [5.74, 6) is -0.943. The maximum Gasteiger partial charge on any atom is 0.132 e. The van der Waals surface area contributed by atoms with Crippen LogP contribution in [0.1, 0.15) is 5.76 Å². The van der Waals surface area contributed by atoms with Crippen LogP contribution in [0.5, 0.6) is 0 Å². The third kappa shape index (κ3) is 2.30. The van der Waals surface area contributed by atoms with E-state index in [-0.39, 0.29) is 18.3 Å². The zero-order valence-corrected chi connectivity index (χ0v) is 6.16. The maximum absolute atomic E-state index is 9.99. The summed E-state index contributed by atoms with van der Waals surface area (Å²) in [7, 11) is 0. The van der Waals surface area contributed by atoms with Crippen molar-refractivity contribution in [3.05, 3.63) is 18.1 Å². The molecular weight excluding hydrogens is 148 g/mol.